The zero-order chi connectivity index (χ0) is 9.94. The topological polar surface area (TPSA) is 73.3 Å². The summed E-state index contributed by atoms with van der Waals surface area (Å²) >= 11 is 0. The van der Waals surface area contributed by atoms with E-state index in [1.165, 1.54) is 0 Å². The minimum absolute atomic E-state index is 0.0567. The van der Waals surface area contributed by atoms with Gasteiger partial charge in [0.15, 0.2) is 0 Å². The molecule has 0 aliphatic carbocycles. The Morgan fingerprint density at radius 3 is 2.33 bits per heavy atom. The normalized spacial score (nSPS) is 14.8. The molecule has 0 saturated carbocycles. The van der Waals surface area contributed by atoms with E-state index in [9.17, 15) is 0 Å². The fourth-order valence-electron chi connectivity index (χ4n) is 0.844. The Balaban J connectivity index is 4.37. The number of nitrogens with two attached hydrogens (primary N) is 1. The fourth-order valence-corrected chi connectivity index (χ4v) is 0.844. The Morgan fingerprint density at radius 2 is 2.08 bits per heavy atom. The molecule has 0 aromatic carbocycles. The number of nitrogens with one attached hydrogen (secondary N) is 1. The van der Waals surface area contributed by atoms with Crippen LogP contribution in [-0.4, -0.2) is 41.1 Å². The van der Waals surface area contributed by atoms with Gasteiger partial charge in [-0.3, -0.25) is 10.3 Å². The summed E-state index contributed by atoms with van der Waals surface area (Å²) in [7, 11) is 1.85. The quantitative estimate of drug-likeness (QED) is 0.414. The highest BCUT2D eigenvalue weighted by Crippen LogP contribution is 2.13. The third-order valence-electron chi connectivity index (χ3n) is 2.37. The lowest BCUT2D eigenvalue weighted by atomic mass is 10.0. The molecule has 0 aromatic rings. The van der Waals surface area contributed by atoms with Gasteiger partial charge < -0.3 is 10.8 Å². The van der Waals surface area contributed by atoms with Crippen LogP contribution in [0.25, 0.3) is 0 Å². The van der Waals surface area contributed by atoms with Crippen LogP contribution in [0.4, 0.5) is 0 Å². The van der Waals surface area contributed by atoms with Gasteiger partial charge in [0.2, 0.25) is 0 Å². The molecule has 0 spiro atoms. The highest BCUT2D eigenvalue weighted by atomic mass is 16.3. The Bertz CT molecular complexity index is 168. The molecule has 0 aliphatic heterocycles. The van der Waals surface area contributed by atoms with E-state index in [0.717, 1.165) is 0 Å². The Hall–Kier alpha value is -0.610. The van der Waals surface area contributed by atoms with Crippen molar-refractivity contribution in [2.45, 2.75) is 32.4 Å². The predicted octanol–water partition coefficient (Wildman–Crippen LogP) is 0.0136. The number of aliphatic hydroxyl groups is 1. The van der Waals surface area contributed by atoms with E-state index in [1.54, 1.807) is 0 Å². The van der Waals surface area contributed by atoms with Crippen molar-refractivity contribution in [3.05, 3.63) is 0 Å². The smallest absolute Gasteiger partial charge is 0.108 e. The maximum absolute atomic E-state index is 9.04. The summed E-state index contributed by atoms with van der Waals surface area (Å²) in [5.74, 6) is 0.124. The van der Waals surface area contributed by atoms with E-state index < -0.39 is 0 Å². The number of hydrogen-bond donors (Lipinski definition) is 3. The second-order valence-corrected chi connectivity index (χ2v) is 3.71. The number of hydrogen-bond acceptors (Lipinski definition) is 3. The second kappa shape index (κ2) is 3.87. The molecule has 12 heavy (non-hydrogen) atoms. The van der Waals surface area contributed by atoms with Gasteiger partial charge in [-0.1, -0.05) is 0 Å². The van der Waals surface area contributed by atoms with Crippen molar-refractivity contribution in [3.8, 4) is 0 Å². The predicted molar refractivity (Wildman–Crippen MR) is 50.3 cm³/mol. The zero-order valence-corrected chi connectivity index (χ0v) is 8.26. The van der Waals surface area contributed by atoms with Crippen molar-refractivity contribution in [2.24, 2.45) is 5.73 Å². The van der Waals surface area contributed by atoms with Crippen molar-refractivity contribution in [2.75, 3.05) is 13.7 Å². The first-order valence-corrected chi connectivity index (χ1v) is 4.00. The third kappa shape index (κ3) is 2.46. The standard InChI is InChI=1S/C8H19N3O/c1-6(7(9)10)11(4)8(2,3)5-12/h6,12H,5H2,1-4H3,(H3,9,10). The summed E-state index contributed by atoms with van der Waals surface area (Å²) in [6.45, 7) is 5.72. The van der Waals surface area contributed by atoms with Crippen molar-refractivity contribution in [1.82, 2.24) is 4.90 Å². The molecule has 4 nitrogen and oxygen atoms in total. The average Bonchev–Trinajstić information content (AvgIpc) is 2.01. The van der Waals surface area contributed by atoms with Gasteiger partial charge >= 0.3 is 0 Å². The summed E-state index contributed by atoms with van der Waals surface area (Å²) in [4.78, 5) is 1.88. The van der Waals surface area contributed by atoms with E-state index in [1.807, 2.05) is 32.7 Å². The van der Waals surface area contributed by atoms with E-state index in [0.29, 0.717) is 0 Å². The van der Waals surface area contributed by atoms with Gasteiger partial charge in [0.05, 0.1) is 12.6 Å². The summed E-state index contributed by atoms with van der Waals surface area (Å²) in [6, 6.07) is -0.132. The number of amidine groups is 1. The lowest BCUT2D eigenvalue weighted by Crippen LogP contribution is -2.52. The Labute approximate surface area is 73.9 Å². The van der Waals surface area contributed by atoms with Crippen LogP contribution in [-0.2, 0) is 0 Å². The molecule has 0 aromatic heterocycles. The molecule has 0 bridgehead atoms. The van der Waals surface area contributed by atoms with Crippen LogP contribution in [0.3, 0.4) is 0 Å². The van der Waals surface area contributed by atoms with Gasteiger partial charge in [-0.2, -0.15) is 0 Å². The molecule has 0 saturated heterocycles. The van der Waals surface area contributed by atoms with Crippen LogP contribution in [0.1, 0.15) is 20.8 Å². The van der Waals surface area contributed by atoms with Gasteiger partial charge in [-0.05, 0) is 27.8 Å². The molecule has 0 amide bonds. The number of nitrogens with zero attached hydrogens (tertiary/aromatic N) is 1. The van der Waals surface area contributed by atoms with E-state index in [2.05, 4.69) is 0 Å². The van der Waals surface area contributed by atoms with Crippen LogP contribution >= 0.6 is 0 Å². The number of likely N-dealkylation sites (N-methyl/N-ethyl adjacent to an activating group) is 1. The van der Waals surface area contributed by atoms with Crippen molar-refractivity contribution in [1.29, 1.82) is 5.41 Å². The van der Waals surface area contributed by atoms with Crippen molar-refractivity contribution in [3.63, 3.8) is 0 Å². The van der Waals surface area contributed by atoms with Crippen LogP contribution in [0.15, 0.2) is 0 Å². The molecule has 0 rings (SSSR count). The summed E-state index contributed by atoms with van der Waals surface area (Å²) < 4.78 is 0. The minimum atomic E-state index is -0.328. The van der Waals surface area contributed by atoms with Crippen molar-refractivity contribution >= 4 is 5.84 Å². The van der Waals surface area contributed by atoms with Gasteiger partial charge in [0, 0.05) is 5.54 Å². The largest absolute Gasteiger partial charge is 0.394 e. The number of aliphatic hydroxyl groups excluding tert-OH is 1. The van der Waals surface area contributed by atoms with Gasteiger partial charge in [0.25, 0.3) is 0 Å². The van der Waals surface area contributed by atoms with Crippen molar-refractivity contribution < 1.29 is 5.11 Å². The van der Waals surface area contributed by atoms with Gasteiger partial charge in [0.1, 0.15) is 5.84 Å². The van der Waals surface area contributed by atoms with E-state index in [4.69, 9.17) is 16.2 Å². The SMILES string of the molecule is CC(C(=N)N)N(C)C(C)(C)CO. The van der Waals surface area contributed by atoms with Crippen LogP contribution in [0, 0.1) is 5.41 Å². The van der Waals surface area contributed by atoms with Gasteiger partial charge in [-0.25, -0.2) is 0 Å². The maximum atomic E-state index is 9.04. The Morgan fingerprint density at radius 1 is 1.67 bits per heavy atom. The van der Waals surface area contributed by atoms with Crippen LogP contribution in [0.5, 0.6) is 0 Å². The van der Waals surface area contributed by atoms with E-state index in [-0.39, 0.29) is 24.0 Å². The lowest BCUT2D eigenvalue weighted by Gasteiger charge is -2.37. The summed E-state index contributed by atoms with van der Waals surface area (Å²) in [5.41, 5.74) is 5.02. The number of rotatable bonds is 4. The molecule has 4 N–H and O–H groups in total. The first-order valence-electron chi connectivity index (χ1n) is 4.00. The molecular weight excluding hydrogens is 154 g/mol. The highest BCUT2D eigenvalue weighted by Gasteiger charge is 2.27. The molecule has 1 unspecified atom stereocenters. The molecule has 4 heteroatoms. The molecular formula is C8H19N3O. The van der Waals surface area contributed by atoms with Crippen LogP contribution in [0.2, 0.25) is 0 Å². The zero-order valence-electron chi connectivity index (χ0n) is 8.26. The Kier molecular flexibility index (Phi) is 3.67. The monoisotopic (exact) mass is 173 g/mol. The lowest BCUT2D eigenvalue weighted by molar-refractivity contribution is 0.0687. The molecule has 0 heterocycles. The summed E-state index contributed by atoms with van der Waals surface area (Å²) in [5, 5.41) is 16.3. The first-order chi connectivity index (χ1) is 5.33. The van der Waals surface area contributed by atoms with Crippen LogP contribution < -0.4 is 5.73 Å². The molecule has 72 valence electrons. The highest BCUT2D eigenvalue weighted by molar-refractivity contribution is 5.82. The van der Waals surface area contributed by atoms with E-state index >= 15 is 0 Å². The van der Waals surface area contributed by atoms with Gasteiger partial charge in [-0.15, -0.1) is 0 Å². The minimum Gasteiger partial charge on any atom is -0.394 e. The average molecular weight is 173 g/mol. The molecule has 0 aliphatic rings. The molecule has 0 fully saturated rings. The fraction of sp³-hybridized carbons (Fsp3) is 0.875. The molecule has 1 atom stereocenters. The second-order valence-electron chi connectivity index (χ2n) is 3.71. The summed E-state index contributed by atoms with van der Waals surface area (Å²) in [6.07, 6.45) is 0. The first kappa shape index (κ1) is 11.4. The molecule has 0 radical (unpaired) electrons. The third-order valence-corrected chi connectivity index (χ3v) is 2.37. The maximum Gasteiger partial charge on any atom is 0.108 e.